The minimum atomic E-state index is -0.571. The molecule has 1 aromatic rings. The number of nitrogens with zero attached hydrogens (tertiary/aromatic N) is 2. The molecule has 86 valence electrons. The molecule has 2 heterocycles. The number of aromatic nitrogens is 1. The van der Waals surface area contributed by atoms with Crippen LogP contribution in [-0.2, 0) is 4.79 Å². The summed E-state index contributed by atoms with van der Waals surface area (Å²) in [6, 6.07) is 1.85. The Kier molecular flexibility index (Phi) is 2.99. The highest BCUT2D eigenvalue weighted by Crippen LogP contribution is 2.26. The Labute approximate surface area is 102 Å². The van der Waals surface area contributed by atoms with Gasteiger partial charge in [-0.2, -0.15) is 0 Å². The molecular weight excluding hydrogens is 272 g/mol. The molecule has 1 aromatic heterocycles. The van der Waals surface area contributed by atoms with E-state index in [0.29, 0.717) is 12.4 Å². The number of hydrogen-bond acceptors (Lipinski definition) is 3. The van der Waals surface area contributed by atoms with Gasteiger partial charge in [-0.25, -0.2) is 4.98 Å². The van der Waals surface area contributed by atoms with Gasteiger partial charge in [0.15, 0.2) is 0 Å². The first-order valence-corrected chi connectivity index (χ1v) is 5.90. The number of halogens is 1. The molecule has 0 spiro atoms. The standard InChI is InChI=1S/C11H13BrN2O2/c1-6-3-9(13-7(2)11(6)12)14-5-8(15)4-10(14)16/h3,8,15H,4-5H2,1-2H3. The number of aryl methyl sites for hydroxylation is 2. The largest absolute Gasteiger partial charge is 0.391 e. The van der Waals surface area contributed by atoms with Crippen LogP contribution in [0.2, 0.25) is 0 Å². The average Bonchev–Trinajstić information content (AvgIpc) is 2.53. The van der Waals surface area contributed by atoms with Crippen molar-refractivity contribution in [3.05, 3.63) is 21.8 Å². The van der Waals surface area contributed by atoms with E-state index in [1.54, 1.807) is 0 Å². The van der Waals surface area contributed by atoms with Gasteiger partial charge in [0.05, 0.1) is 24.8 Å². The molecule has 1 aliphatic rings. The normalized spacial score (nSPS) is 20.6. The van der Waals surface area contributed by atoms with E-state index in [0.717, 1.165) is 15.7 Å². The minimum absolute atomic E-state index is 0.0684. The zero-order chi connectivity index (χ0) is 11.9. The third kappa shape index (κ3) is 1.97. The van der Waals surface area contributed by atoms with Crippen molar-refractivity contribution in [2.75, 3.05) is 11.4 Å². The van der Waals surface area contributed by atoms with E-state index in [1.165, 1.54) is 4.90 Å². The minimum Gasteiger partial charge on any atom is -0.391 e. The molecule has 1 atom stereocenters. The van der Waals surface area contributed by atoms with E-state index in [2.05, 4.69) is 20.9 Å². The molecule has 1 amide bonds. The van der Waals surface area contributed by atoms with Gasteiger partial charge in [0.2, 0.25) is 5.91 Å². The summed E-state index contributed by atoms with van der Waals surface area (Å²) < 4.78 is 0.962. The topological polar surface area (TPSA) is 53.4 Å². The van der Waals surface area contributed by atoms with Crippen LogP contribution in [0.3, 0.4) is 0 Å². The number of aliphatic hydroxyl groups excluding tert-OH is 1. The second kappa shape index (κ2) is 4.14. The van der Waals surface area contributed by atoms with E-state index < -0.39 is 6.10 Å². The predicted molar refractivity (Wildman–Crippen MR) is 64.4 cm³/mol. The van der Waals surface area contributed by atoms with Gasteiger partial charge in [0.25, 0.3) is 0 Å². The molecule has 1 unspecified atom stereocenters. The number of carbonyl (C=O) groups is 1. The molecule has 5 heteroatoms. The first-order chi connectivity index (χ1) is 7.49. The molecule has 1 N–H and O–H groups in total. The zero-order valence-corrected chi connectivity index (χ0v) is 10.8. The second-order valence-corrected chi connectivity index (χ2v) is 4.85. The van der Waals surface area contributed by atoms with Crippen LogP contribution >= 0.6 is 15.9 Å². The maximum atomic E-state index is 11.6. The number of pyridine rings is 1. The van der Waals surface area contributed by atoms with Gasteiger partial charge in [-0.05, 0) is 41.4 Å². The molecule has 0 aliphatic carbocycles. The first kappa shape index (κ1) is 11.5. The van der Waals surface area contributed by atoms with Crippen LogP contribution in [0.25, 0.3) is 0 Å². The van der Waals surface area contributed by atoms with Crippen LogP contribution in [0.1, 0.15) is 17.7 Å². The molecule has 2 rings (SSSR count). The Hall–Kier alpha value is -0.940. The van der Waals surface area contributed by atoms with E-state index in [9.17, 15) is 9.90 Å². The molecule has 0 aromatic carbocycles. The monoisotopic (exact) mass is 284 g/mol. The van der Waals surface area contributed by atoms with E-state index in [4.69, 9.17) is 0 Å². The number of β-amino-alcohol motifs (C(OH)–C–C–N with tert-alkyl or cyclic N) is 1. The number of rotatable bonds is 1. The second-order valence-electron chi connectivity index (χ2n) is 4.06. The van der Waals surface area contributed by atoms with Crippen molar-refractivity contribution in [3.8, 4) is 0 Å². The van der Waals surface area contributed by atoms with Gasteiger partial charge < -0.3 is 5.11 Å². The maximum absolute atomic E-state index is 11.6. The van der Waals surface area contributed by atoms with Crippen molar-refractivity contribution >= 4 is 27.7 Å². The summed E-state index contributed by atoms with van der Waals surface area (Å²) in [5.74, 6) is 0.556. The van der Waals surface area contributed by atoms with Crippen molar-refractivity contribution in [1.29, 1.82) is 0 Å². The smallest absolute Gasteiger partial charge is 0.230 e. The van der Waals surface area contributed by atoms with Crippen LogP contribution in [-0.4, -0.2) is 28.6 Å². The van der Waals surface area contributed by atoms with Gasteiger partial charge in [-0.1, -0.05) is 0 Å². The Morgan fingerprint density at radius 3 is 2.75 bits per heavy atom. The van der Waals surface area contributed by atoms with Crippen LogP contribution in [0, 0.1) is 13.8 Å². The van der Waals surface area contributed by atoms with Crippen molar-refractivity contribution in [1.82, 2.24) is 4.98 Å². The van der Waals surface area contributed by atoms with Crippen molar-refractivity contribution in [3.63, 3.8) is 0 Å². The highest BCUT2D eigenvalue weighted by atomic mass is 79.9. The molecular formula is C11H13BrN2O2. The molecule has 16 heavy (non-hydrogen) atoms. The van der Waals surface area contributed by atoms with Crippen LogP contribution < -0.4 is 4.90 Å². The Morgan fingerprint density at radius 1 is 1.56 bits per heavy atom. The fraction of sp³-hybridized carbons (Fsp3) is 0.455. The molecule has 0 radical (unpaired) electrons. The summed E-state index contributed by atoms with van der Waals surface area (Å²) in [6.07, 6.45) is -0.380. The van der Waals surface area contributed by atoms with E-state index in [1.807, 2.05) is 19.9 Å². The molecule has 0 saturated carbocycles. The van der Waals surface area contributed by atoms with Crippen LogP contribution in [0.5, 0.6) is 0 Å². The fourth-order valence-corrected chi connectivity index (χ4v) is 2.05. The van der Waals surface area contributed by atoms with Gasteiger partial charge in [-0.3, -0.25) is 9.69 Å². The van der Waals surface area contributed by atoms with Gasteiger partial charge in [0, 0.05) is 4.47 Å². The number of carbonyl (C=O) groups excluding carboxylic acids is 1. The van der Waals surface area contributed by atoms with Crippen molar-refractivity contribution in [2.45, 2.75) is 26.4 Å². The summed E-state index contributed by atoms with van der Waals surface area (Å²) in [5, 5.41) is 9.42. The Morgan fingerprint density at radius 2 is 2.25 bits per heavy atom. The zero-order valence-electron chi connectivity index (χ0n) is 9.20. The third-order valence-corrected chi connectivity index (χ3v) is 3.87. The third-order valence-electron chi connectivity index (χ3n) is 2.67. The molecule has 1 saturated heterocycles. The summed E-state index contributed by atoms with van der Waals surface area (Å²) in [5.41, 5.74) is 1.89. The lowest BCUT2D eigenvalue weighted by atomic mass is 10.2. The average molecular weight is 285 g/mol. The number of anilines is 1. The summed E-state index contributed by atoms with van der Waals surface area (Å²) in [7, 11) is 0. The number of amides is 1. The van der Waals surface area contributed by atoms with Crippen LogP contribution in [0.15, 0.2) is 10.5 Å². The van der Waals surface area contributed by atoms with Crippen molar-refractivity contribution in [2.24, 2.45) is 0 Å². The lowest BCUT2D eigenvalue weighted by Gasteiger charge is -2.16. The van der Waals surface area contributed by atoms with E-state index >= 15 is 0 Å². The van der Waals surface area contributed by atoms with Gasteiger partial charge in [0.1, 0.15) is 5.82 Å². The number of hydrogen-bond donors (Lipinski definition) is 1. The summed E-state index contributed by atoms with van der Waals surface area (Å²) in [4.78, 5) is 17.5. The van der Waals surface area contributed by atoms with Gasteiger partial charge >= 0.3 is 0 Å². The molecule has 1 fully saturated rings. The lowest BCUT2D eigenvalue weighted by molar-refractivity contribution is -0.117. The summed E-state index contributed by atoms with van der Waals surface area (Å²) in [6.45, 7) is 4.18. The van der Waals surface area contributed by atoms with E-state index in [-0.39, 0.29) is 12.3 Å². The maximum Gasteiger partial charge on any atom is 0.230 e. The quantitative estimate of drug-likeness (QED) is 0.852. The van der Waals surface area contributed by atoms with Gasteiger partial charge in [-0.15, -0.1) is 0 Å². The summed E-state index contributed by atoms with van der Waals surface area (Å²) >= 11 is 3.43. The van der Waals surface area contributed by atoms with Crippen LogP contribution in [0.4, 0.5) is 5.82 Å². The molecule has 1 aliphatic heterocycles. The highest BCUT2D eigenvalue weighted by molar-refractivity contribution is 9.10. The predicted octanol–water partition coefficient (Wildman–Crippen LogP) is 1.56. The lowest BCUT2D eigenvalue weighted by Crippen LogP contribution is -2.26. The SMILES string of the molecule is Cc1cc(N2CC(O)CC2=O)nc(C)c1Br. The molecule has 4 nitrogen and oxygen atoms in total. The fourth-order valence-electron chi connectivity index (χ4n) is 1.84. The first-order valence-electron chi connectivity index (χ1n) is 5.11. The van der Waals surface area contributed by atoms with Crippen molar-refractivity contribution < 1.29 is 9.90 Å². The Balaban J connectivity index is 2.38. The molecule has 0 bridgehead atoms. The Bertz CT molecular complexity index is 425. The highest BCUT2D eigenvalue weighted by Gasteiger charge is 2.30. The number of aliphatic hydroxyl groups is 1.